The summed E-state index contributed by atoms with van der Waals surface area (Å²) in [5.41, 5.74) is 2.19. The van der Waals surface area contributed by atoms with E-state index in [9.17, 15) is 0 Å². The Kier molecular flexibility index (Phi) is 3.39. The molecule has 0 atom stereocenters. The molecule has 1 N–H and O–H groups in total. The van der Waals surface area contributed by atoms with Gasteiger partial charge in [0, 0.05) is 5.56 Å². The van der Waals surface area contributed by atoms with Gasteiger partial charge in [0.25, 0.3) is 0 Å². The summed E-state index contributed by atoms with van der Waals surface area (Å²) in [5.74, 6) is 0. The van der Waals surface area contributed by atoms with Crippen molar-refractivity contribution in [1.29, 1.82) is 0 Å². The van der Waals surface area contributed by atoms with Crippen molar-refractivity contribution in [3.63, 3.8) is 0 Å². The van der Waals surface area contributed by atoms with Gasteiger partial charge in [-0.25, -0.2) is 9.67 Å². The van der Waals surface area contributed by atoms with E-state index in [-0.39, 0.29) is 0 Å². The first-order chi connectivity index (χ1) is 8.20. The molecule has 1 aromatic heterocycles. The number of hydrogen-bond acceptors (Lipinski definition) is 4. The van der Waals surface area contributed by atoms with Crippen LogP contribution in [0.3, 0.4) is 0 Å². The Balaban J connectivity index is 2.30. The van der Waals surface area contributed by atoms with E-state index in [0.717, 1.165) is 5.56 Å². The van der Waals surface area contributed by atoms with E-state index in [4.69, 9.17) is 16.8 Å². The van der Waals surface area contributed by atoms with Gasteiger partial charge in [0.15, 0.2) is 0 Å². The van der Waals surface area contributed by atoms with Crippen LogP contribution in [0.2, 0.25) is 5.02 Å². The number of benzene rings is 1. The molecule has 2 rings (SSSR count). The van der Waals surface area contributed by atoms with Crippen LogP contribution in [0.25, 0.3) is 0 Å². The molecule has 0 aliphatic heterocycles. The maximum Gasteiger partial charge on any atom is 0.137 e. The van der Waals surface area contributed by atoms with E-state index in [2.05, 4.69) is 15.2 Å². The van der Waals surface area contributed by atoms with Crippen molar-refractivity contribution in [3.05, 3.63) is 47.0 Å². The van der Waals surface area contributed by atoms with E-state index in [1.165, 1.54) is 6.33 Å². The maximum atomic E-state index is 9.04. The molecule has 1 heterocycles. The predicted octanol–water partition coefficient (Wildman–Crippen LogP) is 2.12. The average Bonchev–Trinajstić information content (AvgIpc) is 2.79. The van der Waals surface area contributed by atoms with E-state index in [1.54, 1.807) is 11.0 Å². The molecule has 0 radical (unpaired) electrons. The molecule has 1 aromatic carbocycles. The van der Waals surface area contributed by atoms with Crippen molar-refractivity contribution in [2.24, 2.45) is 5.16 Å². The van der Waals surface area contributed by atoms with Crippen LogP contribution in [0.15, 0.2) is 36.0 Å². The minimum atomic E-state index is 0.319. The normalized spacial score (nSPS) is 11.8. The van der Waals surface area contributed by atoms with Gasteiger partial charge < -0.3 is 5.21 Å². The quantitative estimate of drug-likeness (QED) is 0.516. The first-order valence-electron chi connectivity index (χ1n) is 5.00. The zero-order valence-corrected chi connectivity index (χ0v) is 9.96. The monoisotopic (exact) mass is 250 g/mol. The molecule has 0 amide bonds. The Morgan fingerprint density at radius 3 is 2.94 bits per heavy atom. The zero-order valence-electron chi connectivity index (χ0n) is 9.21. The maximum absolute atomic E-state index is 9.04. The highest BCUT2D eigenvalue weighted by Gasteiger charge is 2.10. The van der Waals surface area contributed by atoms with Crippen LogP contribution in [0.4, 0.5) is 0 Å². The van der Waals surface area contributed by atoms with Gasteiger partial charge in [-0.3, -0.25) is 0 Å². The van der Waals surface area contributed by atoms with Crippen LogP contribution in [0, 0.1) is 6.92 Å². The van der Waals surface area contributed by atoms with Gasteiger partial charge in [-0.2, -0.15) is 5.10 Å². The van der Waals surface area contributed by atoms with Gasteiger partial charge in [-0.1, -0.05) is 28.9 Å². The van der Waals surface area contributed by atoms with Gasteiger partial charge in [0.05, 0.1) is 11.6 Å². The molecule has 0 spiro atoms. The van der Waals surface area contributed by atoms with Crippen LogP contribution in [0.5, 0.6) is 0 Å². The van der Waals surface area contributed by atoms with E-state index in [0.29, 0.717) is 22.8 Å². The molecule has 88 valence electrons. The number of nitrogens with zero attached hydrogens (tertiary/aromatic N) is 4. The lowest BCUT2D eigenvalue weighted by molar-refractivity contribution is 0.317. The van der Waals surface area contributed by atoms with Crippen LogP contribution < -0.4 is 0 Å². The van der Waals surface area contributed by atoms with E-state index < -0.39 is 0 Å². The molecule has 0 aliphatic rings. The lowest BCUT2D eigenvalue weighted by Gasteiger charge is -2.07. The van der Waals surface area contributed by atoms with Gasteiger partial charge in [-0.15, -0.1) is 0 Å². The molecule has 2 aromatic rings. The molecule has 0 saturated carbocycles. The molecule has 0 aliphatic carbocycles. The molecule has 17 heavy (non-hydrogen) atoms. The standard InChI is InChI=1S/C11H11ClN4O/c1-8-2-3-9(10(12)4-8)11(15-17)5-16-7-13-6-14-16/h2-4,6-7,17H,5H2,1H3. The predicted molar refractivity (Wildman–Crippen MR) is 64.5 cm³/mol. The highest BCUT2D eigenvalue weighted by Crippen LogP contribution is 2.19. The molecule has 5 nitrogen and oxygen atoms in total. The van der Waals surface area contributed by atoms with Crippen LogP contribution >= 0.6 is 11.6 Å². The summed E-state index contributed by atoms with van der Waals surface area (Å²) in [6, 6.07) is 5.56. The van der Waals surface area contributed by atoms with Crippen molar-refractivity contribution in [3.8, 4) is 0 Å². The third-order valence-electron chi connectivity index (χ3n) is 2.33. The van der Waals surface area contributed by atoms with Crippen molar-refractivity contribution >= 4 is 17.3 Å². The second-order valence-corrected chi connectivity index (χ2v) is 4.03. The fourth-order valence-corrected chi connectivity index (χ4v) is 1.84. The Hall–Kier alpha value is -1.88. The van der Waals surface area contributed by atoms with Crippen LogP contribution in [-0.2, 0) is 6.54 Å². The number of aromatic nitrogens is 3. The van der Waals surface area contributed by atoms with Gasteiger partial charge >= 0.3 is 0 Å². The summed E-state index contributed by atoms with van der Waals surface area (Å²) in [7, 11) is 0. The van der Waals surface area contributed by atoms with Crippen molar-refractivity contribution in [2.75, 3.05) is 0 Å². The highest BCUT2D eigenvalue weighted by atomic mass is 35.5. The summed E-state index contributed by atoms with van der Waals surface area (Å²) in [6.45, 7) is 2.27. The van der Waals surface area contributed by atoms with Crippen molar-refractivity contribution < 1.29 is 5.21 Å². The molecule has 0 bridgehead atoms. The average molecular weight is 251 g/mol. The lowest BCUT2D eigenvalue weighted by atomic mass is 10.1. The molecule has 0 saturated heterocycles. The Morgan fingerprint density at radius 1 is 1.53 bits per heavy atom. The summed E-state index contributed by atoms with van der Waals surface area (Å²) in [6.07, 6.45) is 2.97. The number of halogens is 1. The van der Waals surface area contributed by atoms with Gasteiger partial charge in [-0.05, 0) is 18.6 Å². The van der Waals surface area contributed by atoms with Crippen molar-refractivity contribution in [1.82, 2.24) is 14.8 Å². The topological polar surface area (TPSA) is 63.3 Å². The largest absolute Gasteiger partial charge is 0.411 e. The third kappa shape index (κ3) is 2.62. The first-order valence-corrected chi connectivity index (χ1v) is 5.38. The Morgan fingerprint density at radius 2 is 2.35 bits per heavy atom. The minimum Gasteiger partial charge on any atom is -0.411 e. The Bertz CT molecular complexity index is 536. The second kappa shape index (κ2) is 4.97. The number of hydrogen-bond donors (Lipinski definition) is 1. The summed E-state index contributed by atoms with van der Waals surface area (Å²) in [5, 5.41) is 16.8. The minimum absolute atomic E-state index is 0.319. The Labute approximate surface area is 103 Å². The summed E-state index contributed by atoms with van der Waals surface area (Å²) < 4.78 is 1.56. The SMILES string of the molecule is Cc1ccc(C(Cn2cncn2)=NO)c(Cl)c1. The molecular formula is C11H11ClN4O. The van der Waals surface area contributed by atoms with Crippen molar-refractivity contribution in [2.45, 2.75) is 13.5 Å². The first kappa shape index (κ1) is 11.6. The number of oxime groups is 1. The fraction of sp³-hybridized carbons (Fsp3) is 0.182. The second-order valence-electron chi connectivity index (χ2n) is 3.62. The fourth-order valence-electron chi connectivity index (χ4n) is 1.49. The third-order valence-corrected chi connectivity index (χ3v) is 2.65. The van der Waals surface area contributed by atoms with Gasteiger partial charge in [0.1, 0.15) is 18.4 Å². The highest BCUT2D eigenvalue weighted by molar-refractivity contribution is 6.34. The van der Waals surface area contributed by atoms with E-state index in [1.807, 2.05) is 25.1 Å². The lowest BCUT2D eigenvalue weighted by Crippen LogP contribution is -2.12. The summed E-state index contributed by atoms with van der Waals surface area (Å²) in [4.78, 5) is 3.82. The van der Waals surface area contributed by atoms with Crippen LogP contribution in [-0.4, -0.2) is 25.7 Å². The molecular weight excluding hydrogens is 240 g/mol. The molecule has 0 unspecified atom stereocenters. The molecule has 0 fully saturated rings. The number of aryl methyl sites for hydroxylation is 1. The number of rotatable bonds is 3. The molecule has 6 heteroatoms. The van der Waals surface area contributed by atoms with E-state index >= 15 is 0 Å². The van der Waals surface area contributed by atoms with Crippen LogP contribution in [0.1, 0.15) is 11.1 Å². The zero-order chi connectivity index (χ0) is 12.3. The smallest absolute Gasteiger partial charge is 0.137 e. The summed E-state index contributed by atoms with van der Waals surface area (Å²) >= 11 is 6.11. The van der Waals surface area contributed by atoms with Gasteiger partial charge in [0.2, 0.25) is 0 Å².